The number of aryl methyl sites for hydroxylation is 1. The molecule has 0 unspecified atom stereocenters. The molecule has 6 heteroatoms. The summed E-state index contributed by atoms with van der Waals surface area (Å²) >= 11 is 0. The highest BCUT2D eigenvalue weighted by Crippen LogP contribution is 2.31. The first-order valence-electron chi connectivity index (χ1n) is 6.89. The second kappa shape index (κ2) is 5.40. The van der Waals surface area contributed by atoms with Gasteiger partial charge in [0.15, 0.2) is 5.82 Å². The second-order valence-electron chi connectivity index (χ2n) is 4.91. The maximum Gasteiger partial charge on any atom is 0.348 e. The van der Waals surface area contributed by atoms with Crippen molar-refractivity contribution >= 4 is 0 Å². The molecular formula is C16H15N3O3. The Labute approximate surface area is 126 Å². The van der Waals surface area contributed by atoms with Gasteiger partial charge in [0.2, 0.25) is 0 Å². The van der Waals surface area contributed by atoms with Gasteiger partial charge in [-0.1, -0.05) is 19.1 Å². The van der Waals surface area contributed by atoms with E-state index in [9.17, 15) is 15.0 Å². The van der Waals surface area contributed by atoms with Crippen LogP contribution in [0.2, 0.25) is 0 Å². The third-order valence-electron chi connectivity index (χ3n) is 3.47. The van der Waals surface area contributed by atoms with Crippen LogP contribution in [0.5, 0.6) is 11.5 Å². The normalized spacial score (nSPS) is 10.8. The molecule has 3 aromatic rings. The molecule has 22 heavy (non-hydrogen) atoms. The van der Waals surface area contributed by atoms with Crippen molar-refractivity contribution in [1.29, 1.82) is 0 Å². The van der Waals surface area contributed by atoms with Gasteiger partial charge in [-0.2, -0.15) is 5.10 Å². The molecule has 2 aromatic carbocycles. The van der Waals surface area contributed by atoms with Gasteiger partial charge >= 0.3 is 5.69 Å². The Kier molecular flexibility index (Phi) is 3.42. The van der Waals surface area contributed by atoms with Gasteiger partial charge in [0.25, 0.3) is 0 Å². The lowest BCUT2D eigenvalue weighted by Crippen LogP contribution is -2.15. The van der Waals surface area contributed by atoms with Crippen LogP contribution in [-0.4, -0.2) is 25.0 Å². The van der Waals surface area contributed by atoms with E-state index in [1.165, 1.54) is 22.8 Å². The molecule has 0 fully saturated rings. The van der Waals surface area contributed by atoms with Gasteiger partial charge in [-0.05, 0) is 36.2 Å². The van der Waals surface area contributed by atoms with Crippen molar-refractivity contribution in [1.82, 2.24) is 14.8 Å². The number of hydrogen-bond acceptors (Lipinski definition) is 4. The highest BCUT2D eigenvalue weighted by atomic mass is 16.3. The van der Waals surface area contributed by atoms with Crippen molar-refractivity contribution in [2.75, 3.05) is 0 Å². The molecule has 0 radical (unpaired) electrons. The largest absolute Gasteiger partial charge is 0.508 e. The summed E-state index contributed by atoms with van der Waals surface area (Å²) in [7, 11) is 0. The molecule has 0 spiro atoms. The monoisotopic (exact) mass is 297 g/mol. The smallest absolute Gasteiger partial charge is 0.348 e. The maximum atomic E-state index is 12.1. The zero-order chi connectivity index (χ0) is 15.7. The fourth-order valence-corrected chi connectivity index (χ4v) is 2.34. The number of aromatic amines is 1. The van der Waals surface area contributed by atoms with Crippen molar-refractivity contribution in [3.8, 4) is 28.6 Å². The zero-order valence-corrected chi connectivity index (χ0v) is 11.9. The molecule has 3 rings (SSSR count). The molecule has 0 amide bonds. The molecule has 0 atom stereocenters. The first kappa shape index (κ1) is 13.9. The number of nitrogens with zero attached hydrogens (tertiary/aromatic N) is 2. The Morgan fingerprint density at radius 3 is 2.73 bits per heavy atom. The van der Waals surface area contributed by atoms with Crippen LogP contribution in [0.15, 0.2) is 47.3 Å². The SMILES string of the molecule is CCc1cccc(-n2c(-c3ccc(O)cc3O)n[nH]c2=O)c1. The summed E-state index contributed by atoms with van der Waals surface area (Å²) in [6, 6.07) is 11.7. The Balaban J connectivity index is 2.21. The summed E-state index contributed by atoms with van der Waals surface area (Å²) in [5.74, 6) is 0.0845. The quantitative estimate of drug-likeness (QED) is 0.691. The predicted octanol–water partition coefficient (Wildman–Crippen LogP) is 2.20. The van der Waals surface area contributed by atoms with E-state index < -0.39 is 5.69 Å². The minimum absolute atomic E-state index is 0.0568. The van der Waals surface area contributed by atoms with Crippen molar-refractivity contribution < 1.29 is 10.2 Å². The minimum Gasteiger partial charge on any atom is -0.508 e. The molecule has 1 aromatic heterocycles. The molecule has 3 N–H and O–H groups in total. The van der Waals surface area contributed by atoms with Gasteiger partial charge < -0.3 is 10.2 Å². The van der Waals surface area contributed by atoms with Gasteiger partial charge in [0.1, 0.15) is 11.5 Å². The van der Waals surface area contributed by atoms with E-state index in [0.29, 0.717) is 11.3 Å². The third-order valence-corrected chi connectivity index (χ3v) is 3.47. The summed E-state index contributed by atoms with van der Waals surface area (Å²) in [5.41, 5.74) is 1.72. The molecule has 0 aliphatic heterocycles. The van der Waals surface area contributed by atoms with E-state index in [1.807, 2.05) is 25.1 Å². The second-order valence-corrected chi connectivity index (χ2v) is 4.91. The van der Waals surface area contributed by atoms with Gasteiger partial charge in [0.05, 0.1) is 11.3 Å². The lowest BCUT2D eigenvalue weighted by atomic mass is 10.1. The van der Waals surface area contributed by atoms with Gasteiger partial charge in [-0.3, -0.25) is 0 Å². The molecule has 1 heterocycles. The van der Waals surface area contributed by atoms with Crippen LogP contribution < -0.4 is 5.69 Å². The van der Waals surface area contributed by atoms with E-state index in [4.69, 9.17) is 0 Å². The van der Waals surface area contributed by atoms with Gasteiger partial charge in [-0.15, -0.1) is 0 Å². The minimum atomic E-state index is -0.393. The predicted molar refractivity (Wildman–Crippen MR) is 82.3 cm³/mol. The average molecular weight is 297 g/mol. The van der Waals surface area contributed by atoms with Gasteiger partial charge in [0, 0.05) is 6.07 Å². The molecule has 0 saturated carbocycles. The number of aromatic nitrogens is 3. The van der Waals surface area contributed by atoms with Crippen LogP contribution in [0.3, 0.4) is 0 Å². The first-order chi connectivity index (χ1) is 10.6. The average Bonchev–Trinajstić information content (AvgIpc) is 2.89. The van der Waals surface area contributed by atoms with Crippen molar-refractivity contribution in [3.05, 3.63) is 58.5 Å². The lowest BCUT2D eigenvalue weighted by molar-refractivity contribution is 0.451. The number of phenolic OH excluding ortho intramolecular Hbond substituents is 2. The highest BCUT2D eigenvalue weighted by Gasteiger charge is 2.16. The number of rotatable bonds is 3. The molecule has 0 aliphatic rings. The summed E-state index contributed by atoms with van der Waals surface area (Å²) in [6.07, 6.45) is 0.847. The molecule has 0 aliphatic carbocycles. The molecule has 6 nitrogen and oxygen atoms in total. The molecule has 0 saturated heterocycles. The van der Waals surface area contributed by atoms with E-state index in [1.54, 1.807) is 6.07 Å². The van der Waals surface area contributed by atoms with E-state index in [-0.39, 0.29) is 17.3 Å². The number of nitrogens with one attached hydrogen (secondary N) is 1. The standard InChI is InChI=1S/C16H15N3O3/c1-2-10-4-3-5-11(8-10)19-15(17-18-16(19)22)13-7-6-12(20)9-14(13)21/h3-9,20-21H,2H2,1H3,(H,18,22). The van der Waals surface area contributed by atoms with Crippen LogP contribution in [-0.2, 0) is 6.42 Å². The zero-order valence-electron chi connectivity index (χ0n) is 11.9. The Morgan fingerprint density at radius 1 is 1.18 bits per heavy atom. The van der Waals surface area contributed by atoms with Crippen LogP contribution >= 0.6 is 0 Å². The lowest BCUT2D eigenvalue weighted by Gasteiger charge is -2.08. The van der Waals surface area contributed by atoms with Crippen molar-refractivity contribution in [3.63, 3.8) is 0 Å². The van der Waals surface area contributed by atoms with E-state index in [2.05, 4.69) is 10.2 Å². The Hall–Kier alpha value is -3.02. The number of benzene rings is 2. The highest BCUT2D eigenvalue weighted by molar-refractivity contribution is 5.66. The number of aromatic hydroxyl groups is 2. The fraction of sp³-hybridized carbons (Fsp3) is 0.125. The Bertz CT molecular complexity index is 880. The van der Waals surface area contributed by atoms with E-state index in [0.717, 1.165) is 12.0 Å². The fourth-order valence-electron chi connectivity index (χ4n) is 2.34. The summed E-state index contributed by atoms with van der Waals surface area (Å²) in [5, 5.41) is 25.8. The maximum absolute atomic E-state index is 12.1. The van der Waals surface area contributed by atoms with E-state index >= 15 is 0 Å². The summed E-state index contributed by atoms with van der Waals surface area (Å²) in [6.45, 7) is 2.03. The third kappa shape index (κ3) is 2.35. The van der Waals surface area contributed by atoms with Crippen molar-refractivity contribution in [2.45, 2.75) is 13.3 Å². The molecule has 112 valence electrons. The number of H-pyrrole nitrogens is 1. The van der Waals surface area contributed by atoms with Crippen LogP contribution in [0.1, 0.15) is 12.5 Å². The van der Waals surface area contributed by atoms with Crippen LogP contribution in [0, 0.1) is 0 Å². The molecule has 0 bridgehead atoms. The number of phenols is 2. The first-order valence-corrected chi connectivity index (χ1v) is 6.89. The van der Waals surface area contributed by atoms with Crippen LogP contribution in [0.4, 0.5) is 0 Å². The van der Waals surface area contributed by atoms with Crippen molar-refractivity contribution in [2.24, 2.45) is 0 Å². The Morgan fingerprint density at radius 2 is 2.00 bits per heavy atom. The molecular weight excluding hydrogens is 282 g/mol. The summed E-state index contributed by atoms with van der Waals surface area (Å²) in [4.78, 5) is 12.1. The number of hydrogen-bond donors (Lipinski definition) is 3. The topological polar surface area (TPSA) is 91.1 Å². The summed E-state index contributed by atoms with van der Waals surface area (Å²) < 4.78 is 1.39. The van der Waals surface area contributed by atoms with Gasteiger partial charge in [-0.25, -0.2) is 14.5 Å². The van der Waals surface area contributed by atoms with Crippen LogP contribution in [0.25, 0.3) is 17.1 Å².